The van der Waals surface area contributed by atoms with E-state index in [1.807, 2.05) is 30.1 Å². The largest absolute Gasteiger partial charge is 0.397 e. The van der Waals surface area contributed by atoms with Gasteiger partial charge in [0.1, 0.15) is 0 Å². The van der Waals surface area contributed by atoms with Gasteiger partial charge in [-0.2, -0.15) is 11.8 Å². The highest BCUT2D eigenvalue weighted by Gasteiger charge is 2.27. The smallest absolute Gasteiger partial charge is 0.0772 e. The maximum absolute atomic E-state index is 5.91. The summed E-state index contributed by atoms with van der Waals surface area (Å²) < 4.78 is 0.349. The van der Waals surface area contributed by atoms with E-state index in [0.29, 0.717) is 4.75 Å². The Morgan fingerprint density at radius 2 is 2.38 bits per heavy atom. The lowest BCUT2D eigenvalue weighted by Crippen LogP contribution is -2.42. The third-order valence-electron chi connectivity index (χ3n) is 2.80. The second-order valence-corrected chi connectivity index (χ2v) is 6.66. The highest BCUT2D eigenvalue weighted by atomic mass is 32.2. The van der Waals surface area contributed by atoms with Crippen molar-refractivity contribution in [2.24, 2.45) is 0 Å². The number of thioether (sulfide) groups is 1. The molecule has 0 aliphatic carbocycles. The summed E-state index contributed by atoms with van der Waals surface area (Å²) in [6.07, 6.45) is 1.82. The van der Waals surface area contributed by atoms with Crippen LogP contribution in [-0.2, 0) is 6.54 Å². The Hall–Kier alpha value is -0.740. The molecule has 16 heavy (non-hydrogen) atoms. The van der Waals surface area contributed by atoms with E-state index in [0.717, 1.165) is 31.0 Å². The number of anilines is 1. The molecular weight excluding hydrogens is 218 g/mol. The van der Waals surface area contributed by atoms with Crippen molar-refractivity contribution < 1.29 is 0 Å². The second-order valence-electron chi connectivity index (χ2n) is 4.86. The average molecular weight is 237 g/mol. The van der Waals surface area contributed by atoms with E-state index in [1.54, 1.807) is 0 Å². The first kappa shape index (κ1) is 11.7. The van der Waals surface area contributed by atoms with Gasteiger partial charge >= 0.3 is 0 Å². The molecule has 1 aromatic heterocycles. The van der Waals surface area contributed by atoms with E-state index in [-0.39, 0.29) is 0 Å². The molecule has 2 rings (SSSR count). The summed E-state index contributed by atoms with van der Waals surface area (Å²) in [6, 6.07) is 3.81. The standard InChI is InChI=1S/C12H19N3S/c1-12(2)9-15(6-7-16-12)8-11-10(13)4-3-5-14-11/h3-5H,6-9,13H2,1-2H3. The predicted molar refractivity (Wildman–Crippen MR) is 70.5 cm³/mol. The fourth-order valence-electron chi connectivity index (χ4n) is 2.04. The van der Waals surface area contributed by atoms with Crippen LogP contribution < -0.4 is 5.73 Å². The summed E-state index contributed by atoms with van der Waals surface area (Å²) in [5, 5.41) is 0. The molecule has 0 spiro atoms. The van der Waals surface area contributed by atoms with Crippen LogP contribution in [0.2, 0.25) is 0 Å². The molecule has 1 aliphatic heterocycles. The zero-order chi connectivity index (χ0) is 11.6. The third-order valence-corrected chi connectivity index (χ3v) is 4.10. The van der Waals surface area contributed by atoms with Crippen molar-refractivity contribution in [1.82, 2.24) is 9.88 Å². The Kier molecular flexibility index (Phi) is 3.40. The summed E-state index contributed by atoms with van der Waals surface area (Å²) in [7, 11) is 0. The highest BCUT2D eigenvalue weighted by molar-refractivity contribution is 8.00. The fraction of sp³-hybridized carbons (Fsp3) is 0.583. The van der Waals surface area contributed by atoms with E-state index in [1.165, 1.54) is 5.75 Å². The van der Waals surface area contributed by atoms with Crippen LogP contribution in [0.1, 0.15) is 19.5 Å². The Morgan fingerprint density at radius 1 is 1.56 bits per heavy atom. The number of nitrogens with two attached hydrogens (primary N) is 1. The molecule has 2 heterocycles. The molecule has 0 amide bonds. The van der Waals surface area contributed by atoms with Crippen LogP contribution in [0.5, 0.6) is 0 Å². The number of nitrogen functional groups attached to an aromatic ring is 1. The molecule has 1 aliphatic rings. The van der Waals surface area contributed by atoms with Gasteiger partial charge < -0.3 is 5.73 Å². The summed E-state index contributed by atoms with van der Waals surface area (Å²) in [4.78, 5) is 6.79. The Balaban J connectivity index is 2.02. The lowest BCUT2D eigenvalue weighted by molar-refractivity contribution is 0.250. The van der Waals surface area contributed by atoms with Gasteiger partial charge in [-0.15, -0.1) is 0 Å². The molecule has 0 saturated carbocycles. The van der Waals surface area contributed by atoms with E-state index >= 15 is 0 Å². The minimum atomic E-state index is 0.349. The monoisotopic (exact) mass is 237 g/mol. The number of rotatable bonds is 2. The van der Waals surface area contributed by atoms with Crippen molar-refractivity contribution in [3.05, 3.63) is 24.0 Å². The predicted octanol–water partition coefficient (Wildman–Crippen LogP) is 1.99. The number of aromatic nitrogens is 1. The fourth-order valence-corrected chi connectivity index (χ4v) is 3.22. The minimum Gasteiger partial charge on any atom is -0.397 e. The Labute approximate surface area is 101 Å². The zero-order valence-electron chi connectivity index (χ0n) is 9.94. The molecule has 1 aromatic rings. The van der Waals surface area contributed by atoms with E-state index in [4.69, 9.17) is 5.73 Å². The molecule has 3 nitrogen and oxygen atoms in total. The SMILES string of the molecule is CC1(C)CN(Cc2ncccc2N)CCS1. The zero-order valence-corrected chi connectivity index (χ0v) is 10.8. The lowest BCUT2D eigenvalue weighted by atomic mass is 10.1. The summed E-state index contributed by atoms with van der Waals surface area (Å²) >= 11 is 2.05. The molecule has 88 valence electrons. The number of hydrogen-bond donors (Lipinski definition) is 1. The third kappa shape index (κ3) is 2.89. The van der Waals surface area contributed by atoms with Gasteiger partial charge in [-0.05, 0) is 26.0 Å². The van der Waals surface area contributed by atoms with Crippen LogP contribution >= 0.6 is 11.8 Å². The minimum absolute atomic E-state index is 0.349. The van der Waals surface area contributed by atoms with Crippen molar-refractivity contribution in [2.75, 3.05) is 24.6 Å². The van der Waals surface area contributed by atoms with E-state index in [9.17, 15) is 0 Å². The van der Waals surface area contributed by atoms with Gasteiger partial charge in [-0.25, -0.2) is 0 Å². The topological polar surface area (TPSA) is 42.2 Å². The van der Waals surface area contributed by atoms with Crippen LogP contribution in [0.25, 0.3) is 0 Å². The van der Waals surface area contributed by atoms with Crippen molar-refractivity contribution in [3.8, 4) is 0 Å². The first-order chi connectivity index (χ1) is 7.57. The summed E-state index contributed by atoms with van der Waals surface area (Å²) in [5.74, 6) is 1.19. The maximum Gasteiger partial charge on any atom is 0.0772 e. The van der Waals surface area contributed by atoms with Crippen molar-refractivity contribution in [1.29, 1.82) is 0 Å². The molecule has 4 heteroatoms. The van der Waals surface area contributed by atoms with Gasteiger partial charge in [0.25, 0.3) is 0 Å². The first-order valence-electron chi connectivity index (χ1n) is 5.62. The van der Waals surface area contributed by atoms with Gasteiger partial charge in [0.05, 0.1) is 11.4 Å². The lowest BCUT2D eigenvalue weighted by Gasteiger charge is -2.37. The normalized spacial score (nSPS) is 20.9. The average Bonchev–Trinajstić information content (AvgIpc) is 2.20. The number of nitrogens with zero attached hydrogens (tertiary/aromatic N) is 2. The highest BCUT2D eigenvalue weighted by Crippen LogP contribution is 2.30. The van der Waals surface area contributed by atoms with Crippen LogP contribution in [0, 0.1) is 0 Å². The second kappa shape index (κ2) is 4.63. The Morgan fingerprint density at radius 3 is 3.06 bits per heavy atom. The summed E-state index contributed by atoms with van der Waals surface area (Å²) in [5.41, 5.74) is 7.72. The van der Waals surface area contributed by atoms with Crippen LogP contribution in [-0.4, -0.2) is 33.5 Å². The molecule has 1 saturated heterocycles. The van der Waals surface area contributed by atoms with Gasteiger partial charge in [-0.3, -0.25) is 9.88 Å². The molecule has 0 atom stereocenters. The first-order valence-corrected chi connectivity index (χ1v) is 6.61. The maximum atomic E-state index is 5.91. The van der Waals surface area contributed by atoms with Crippen molar-refractivity contribution in [3.63, 3.8) is 0 Å². The van der Waals surface area contributed by atoms with Gasteiger partial charge in [-0.1, -0.05) is 0 Å². The molecule has 0 unspecified atom stereocenters. The van der Waals surface area contributed by atoms with Crippen molar-refractivity contribution >= 4 is 17.4 Å². The number of pyridine rings is 1. The van der Waals surface area contributed by atoms with Crippen LogP contribution in [0.3, 0.4) is 0 Å². The van der Waals surface area contributed by atoms with E-state index in [2.05, 4.69) is 23.7 Å². The molecule has 0 bridgehead atoms. The quantitative estimate of drug-likeness (QED) is 0.854. The van der Waals surface area contributed by atoms with Crippen LogP contribution in [0.4, 0.5) is 5.69 Å². The molecule has 1 fully saturated rings. The van der Waals surface area contributed by atoms with Gasteiger partial charge in [0.2, 0.25) is 0 Å². The molecule has 0 aromatic carbocycles. The molecular formula is C12H19N3S. The molecule has 2 N–H and O–H groups in total. The van der Waals surface area contributed by atoms with Crippen molar-refractivity contribution in [2.45, 2.75) is 25.1 Å². The number of hydrogen-bond acceptors (Lipinski definition) is 4. The van der Waals surface area contributed by atoms with Gasteiger partial charge in [0.15, 0.2) is 0 Å². The Bertz CT molecular complexity index is 365. The molecule has 0 radical (unpaired) electrons. The van der Waals surface area contributed by atoms with Crippen LogP contribution in [0.15, 0.2) is 18.3 Å². The summed E-state index contributed by atoms with van der Waals surface area (Å²) in [6.45, 7) is 7.70. The van der Waals surface area contributed by atoms with E-state index < -0.39 is 0 Å². The van der Waals surface area contributed by atoms with Gasteiger partial charge in [0, 0.05) is 36.3 Å².